The Hall–Kier alpha value is -0.990. The third-order valence-corrected chi connectivity index (χ3v) is 1.52. The smallest absolute Gasteiger partial charge is 0.247 e. The molecule has 1 heterocycles. The van der Waals surface area contributed by atoms with E-state index < -0.39 is 0 Å². The van der Waals surface area contributed by atoms with E-state index in [9.17, 15) is 4.79 Å². The van der Waals surface area contributed by atoms with Gasteiger partial charge in [0.25, 0.3) is 0 Å². The van der Waals surface area contributed by atoms with E-state index in [1.807, 2.05) is 13.8 Å². The maximum atomic E-state index is 10.9. The van der Waals surface area contributed by atoms with Crippen LogP contribution in [0.2, 0.25) is 0 Å². The SMILES string of the molecule is CCOC1=CC(=O)N[C@H](C)C1. The molecule has 62 valence electrons. The van der Waals surface area contributed by atoms with E-state index in [2.05, 4.69) is 5.32 Å². The first-order valence-corrected chi connectivity index (χ1v) is 3.86. The number of hydrogen-bond donors (Lipinski definition) is 1. The zero-order valence-electron chi connectivity index (χ0n) is 6.89. The highest BCUT2D eigenvalue weighted by Crippen LogP contribution is 2.11. The molecule has 0 aromatic carbocycles. The molecular formula is C8H13NO2. The van der Waals surface area contributed by atoms with Crippen LogP contribution in [0.1, 0.15) is 20.3 Å². The summed E-state index contributed by atoms with van der Waals surface area (Å²) in [6.07, 6.45) is 2.32. The highest BCUT2D eigenvalue weighted by molar-refractivity contribution is 5.89. The second-order valence-corrected chi connectivity index (χ2v) is 2.66. The van der Waals surface area contributed by atoms with E-state index in [0.717, 1.165) is 12.2 Å². The van der Waals surface area contributed by atoms with Crippen molar-refractivity contribution in [2.45, 2.75) is 26.3 Å². The first kappa shape index (κ1) is 8.11. The normalized spacial score (nSPS) is 24.0. The van der Waals surface area contributed by atoms with Gasteiger partial charge in [-0.1, -0.05) is 0 Å². The van der Waals surface area contributed by atoms with E-state index >= 15 is 0 Å². The molecule has 1 aliphatic rings. The Morgan fingerprint density at radius 2 is 2.55 bits per heavy atom. The lowest BCUT2D eigenvalue weighted by molar-refractivity contribution is -0.117. The van der Waals surface area contributed by atoms with Gasteiger partial charge in [-0.2, -0.15) is 0 Å². The van der Waals surface area contributed by atoms with Crippen molar-refractivity contribution in [2.24, 2.45) is 0 Å². The van der Waals surface area contributed by atoms with Crippen molar-refractivity contribution < 1.29 is 9.53 Å². The van der Waals surface area contributed by atoms with Crippen LogP contribution in [0.25, 0.3) is 0 Å². The molecule has 3 heteroatoms. The zero-order chi connectivity index (χ0) is 8.27. The van der Waals surface area contributed by atoms with Crippen molar-refractivity contribution in [1.82, 2.24) is 5.32 Å². The third kappa shape index (κ3) is 2.26. The molecule has 0 spiro atoms. The molecule has 0 aromatic heterocycles. The number of hydrogen-bond acceptors (Lipinski definition) is 2. The van der Waals surface area contributed by atoms with Gasteiger partial charge in [0.1, 0.15) is 5.76 Å². The van der Waals surface area contributed by atoms with Crippen molar-refractivity contribution >= 4 is 5.91 Å². The van der Waals surface area contributed by atoms with E-state index in [1.165, 1.54) is 6.08 Å². The van der Waals surface area contributed by atoms with Gasteiger partial charge in [0, 0.05) is 18.5 Å². The van der Waals surface area contributed by atoms with Crippen LogP contribution in [0.15, 0.2) is 11.8 Å². The first-order chi connectivity index (χ1) is 5.22. The molecule has 0 unspecified atom stereocenters. The third-order valence-electron chi connectivity index (χ3n) is 1.52. The Bertz CT molecular complexity index is 187. The topological polar surface area (TPSA) is 38.3 Å². The second kappa shape index (κ2) is 3.42. The van der Waals surface area contributed by atoms with E-state index in [-0.39, 0.29) is 11.9 Å². The van der Waals surface area contributed by atoms with Gasteiger partial charge in [-0.15, -0.1) is 0 Å². The molecule has 11 heavy (non-hydrogen) atoms. The minimum absolute atomic E-state index is 0.0489. The van der Waals surface area contributed by atoms with Crippen molar-refractivity contribution in [3.05, 3.63) is 11.8 Å². The Kier molecular flexibility index (Phi) is 2.52. The number of amides is 1. The van der Waals surface area contributed by atoms with Gasteiger partial charge in [0.2, 0.25) is 5.91 Å². The summed E-state index contributed by atoms with van der Waals surface area (Å²) < 4.78 is 5.22. The molecule has 0 saturated heterocycles. The van der Waals surface area contributed by atoms with E-state index in [1.54, 1.807) is 0 Å². The molecule has 0 saturated carbocycles. The van der Waals surface area contributed by atoms with Crippen molar-refractivity contribution in [3.8, 4) is 0 Å². The van der Waals surface area contributed by atoms with Crippen LogP contribution in [-0.2, 0) is 9.53 Å². The van der Waals surface area contributed by atoms with Gasteiger partial charge < -0.3 is 10.1 Å². The zero-order valence-corrected chi connectivity index (χ0v) is 6.89. The lowest BCUT2D eigenvalue weighted by atomic mass is 10.1. The fourth-order valence-electron chi connectivity index (χ4n) is 1.13. The minimum atomic E-state index is -0.0489. The molecule has 1 amide bonds. The van der Waals surface area contributed by atoms with Crippen molar-refractivity contribution in [2.75, 3.05) is 6.61 Å². The van der Waals surface area contributed by atoms with Crippen LogP contribution in [0.4, 0.5) is 0 Å². The quantitative estimate of drug-likeness (QED) is 0.641. The van der Waals surface area contributed by atoms with E-state index in [0.29, 0.717) is 6.61 Å². The summed E-state index contributed by atoms with van der Waals surface area (Å²) in [5, 5.41) is 2.77. The summed E-state index contributed by atoms with van der Waals surface area (Å²) in [4.78, 5) is 10.9. The highest BCUT2D eigenvalue weighted by atomic mass is 16.5. The Balaban J connectivity index is 2.57. The molecule has 0 aliphatic carbocycles. The number of carbonyl (C=O) groups is 1. The van der Waals surface area contributed by atoms with Crippen LogP contribution in [0.5, 0.6) is 0 Å². The molecule has 1 aliphatic heterocycles. The Morgan fingerprint density at radius 1 is 1.82 bits per heavy atom. The molecule has 1 rings (SSSR count). The summed E-state index contributed by atoms with van der Waals surface area (Å²) in [5.74, 6) is 0.746. The lowest BCUT2D eigenvalue weighted by Crippen LogP contribution is -2.35. The predicted octanol–water partition coefficient (Wildman–Crippen LogP) is 0.815. The maximum Gasteiger partial charge on any atom is 0.247 e. The van der Waals surface area contributed by atoms with Gasteiger partial charge in [-0.25, -0.2) is 0 Å². The van der Waals surface area contributed by atoms with Crippen molar-refractivity contribution in [1.29, 1.82) is 0 Å². The van der Waals surface area contributed by atoms with Crippen LogP contribution < -0.4 is 5.32 Å². The van der Waals surface area contributed by atoms with Gasteiger partial charge in [0.05, 0.1) is 6.61 Å². The highest BCUT2D eigenvalue weighted by Gasteiger charge is 2.15. The molecule has 1 N–H and O–H groups in total. The van der Waals surface area contributed by atoms with Crippen LogP contribution in [-0.4, -0.2) is 18.6 Å². The molecule has 0 bridgehead atoms. The number of rotatable bonds is 2. The summed E-state index contributed by atoms with van der Waals surface area (Å²) in [6.45, 7) is 4.51. The first-order valence-electron chi connectivity index (χ1n) is 3.86. The van der Waals surface area contributed by atoms with Crippen LogP contribution in [0.3, 0.4) is 0 Å². The minimum Gasteiger partial charge on any atom is -0.498 e. The van der Waals surface area contributed by atoms with Crippen molar-refractivity contribution in [3.63, 3.8) is 0 Å². The molecule has 0 aromatic rings. The van der Waals surface area contributed by atoms with Gasteiger partial charge in [-0.05, 0) is 13.8 Å². The molecule has 0 radical (unpaired) electrons. The molecule has 1 atom stereocenters. The van der Waals surface area contributed by atoms with E-state index in [4.69, 9.17) is 4.74 Å². The average molecular weight is 155 g/mol. The monoisotopic (exact) mass is 155 g/mol. The van der Waals surface area contributed by atoms with Crippen LogP contribution >= 0.6 is 0 Å². The molecule has 0 fully saturated rings. The summed E-state index contributed by atoms with van der Waals surface area (Å²) in [5.41, 5.74) is 0. The molecule has 3 nitrogen and oxygen atoms in total. The summed E-state index contributed by atoms with van der Waals surface area (Å²) in [7, 11) is 0. The lowest BCUT2D eigenvalue weighted by Gasteiger charge is -2.19. The predicted molar refractivity (Wildman–Crippen MR) is 41.9 cm³/mol. The standard InChI is InChI=1S/C8H13NO2/c1-3-11-7-4-6(2)9-8(10)5-7/h5-6H,3-4H2,1-2H3,(H,9,10)/t6-/m1/s1. The number of carbonyl (C=O) groups excluding carboxylic acids is 1. The fraction of sp³-hybridized carbons (Fsp3) is 0.625. The fourth-order valence-corrected chi connectivity index (χ4v) is 1.13. The average Bonchev–Trinajstić information content (AvgIpc) is 1.85. The maximum absolute atomic E-state index is 10.9. The Labute approximate surface area is 66.4 Å². The largest absolute Gasteiger partial charge is 0.498 e. The number of nitrogens with one attached hydrogen (secondary N) is 1. The van der Waals surface area contributed by atoms with Gasteiger partial charge in [-0.3, -0.25) is 4.79 Å². The summed E-state index contributed by atoms with van der Waals surface area (Å²) in [6, 6.07) is 0.203. The van der Waals surface area contributed by atoms with Crippen LogP contribution in [0, 0.1) is 0 Å². The Morgan fingerprint density at radius 3 is 3.09 bits per heavy atom. The molecular weight excluding hydrogens is 142 g/mol. The second-order valence-electron chi connectivity index (χ2n) is 2.66. The number of ether oxygens (including phenoxy) is 1. The van der Waals surface area contributed by atoms with Gasteiger partial charge >= 0.3 is 0 Å². The summed E-state index contributed by atoms with van der Waals surface area (Å²) >= 11 is 0. The van der Waals surface area contributed by atoms with Gasteiger partial charge in [0.15, 0.2) is 0 Å².